The summed E-state index contributed by atoms with van der Waals surface area (Å²) in [5.41, 5.74) is 4.46. The van der Waals surface area contributed by atoms with E-state index in [4.69, 9.17) is 9.72 Å². The molecule has 0 radical (unpaired) electrons. The molecule has 1 N–H and O–H groups in total. The number of ether oxygens (including phenoxy) is 2. The molecule has 0 saturated heterocycles. The fourth-order valence-electron chi connectivity index (χ4n) is 4.93. The van der Waals surface area contributed by atoms with Crippen molar-refractivity contribution in [1.29, 1.82) is 0 Å². The van der Waals surface area contributed by atoms with Crippen molar-refractivity contribution >= 4 is 5.65 Å². The molecule has 1 saturated carbocycles. The van der Waals surface area contributed by atoms with E-state index in [1.54, 1.807) is 6.20 Å². The number of H-pyrrole nitrogens is 1. The molecule has 5 aromatic rings. The lowest BCUT2D eigenvalue weighted by Crippen LogP contribution is -2.16. The Balaban J connectivity index is 1.30. The third-order valence-corrected chi connectivity index (χ3v) is 6.61. The van der Waals surface area contributed by atoms with Gasteiger partial charge in [-0.2, -0.15) is 5.10 Å². The molecule has 3 aromatic heterocycles. The third-order valence-electron chi connectivity index (χ3n) is 6.61. The van der Waals surface area contributed by atoms with Crippen molar-refractivity contribution in [3.8, 4) is 39.8 Å². The van der Waals surface area contributed by atoms with Crippen LogP contribution in [0.15, 0.2) is 60.9 Å². The van der Waals surface area contributed by atoms with E-state index >= 15 is 0 Å². The van der Waals surface area contributed by atoms with Crippen LogP contribution in [0.1, 0.15) is 43.7 Å². The van der Waals surface area contributed by atoms with Crippen molar-refractivity contribution in [1.82, 2.24) is 35.2 Å². The Kier molecular flexibility index (Phi) is 6.14. The minimum atomic E-state index is -4.74. The maximum Gasteiger partial charge on any atom is 0.573 e. The summed E-state index contributed by atoms with van der Waals surface area (Å²) in [5, 5.41) is 18.8. The second-order valence-corrected chi connectivity index (χ2v) is 9.08. The number of halogens is 3. The second kappa shape index (κ2) is 9.77. The van der Waals surface area contributed by atoms with Crippen LogP contribution in [0.5, 0.6) is 17.2 Å². The maximum atomic E-state index is 12.4. The van der Waals surface area contributed by atoms with Gasteiger partial charge in [0.2, 0.25) is 0 Å². The van der Waals surface area contributed by atoms with Gasteiger partial charge in [-0.15, -0.1) is 18.3 Å². The lowest BCUT2D eigenvalue weighted by atomic mass is 9.84. The van der Waals surface area contributed by atoms with Gasteiger partial charge in [-0.1, -0.05) is 31.4 Å². The lowest BCUT2D eigenvalue weighted by molar-refractivity contribution is -0.274. The number of hydrogen-bond acceptors (Lipinski definition) is 7. The van der Waals surface area contributed by atoms with Crippen molar-refractivity contribution in [2.75, 3.05) is 0 Å². The van der Waals surface area contributed by atoms with Crippen LogP contribution in [0.3, 0.4) is 0 Å². The number of hydrogen-bond donors (Lipinski definition) is 1. The summed E-state index contributed by atoms with van der Waals surface area (Å²) in [5.74, 6) is 1.47. The molecule has 0 spiro atoms. The Hall–Kier alpha value is -4.48. The summed E-state index contributed by atoms with van der Waals surface area (Å²) in [6.07, 6.45) is 4.54. The van der Waals surface area contributed by atoms with E-state index in [9.17, 15) is 13.2 Å². The maximum absolute atomic E-state index is 12.4. The third kappa shape index (κ3) is 4.89. The molecule has 38 heavy (non-hydrogen) atoms. The first-order valence-corrected chi connectivity index (χ1v) is 12.2. The highest BCUT2D eigenvalue weighted by Crippen LogP contribution is 2.39. The Bertz CT molecular complexity index is 1530. The molecule has 194 valence electrons. The quantitative estimate of drug-likeness (QED) is 0.279. The molecule has 0 aliphatic heterocycles. The highest BCUT2D eigenvalue weighted by molar-refractivity contribution is 5.75. The van der Waals surface area contributed by atoms with E-state index in [2.05, 4.69) is 30.5 Å². The monoisotopic (exact) mass is 521 g/mol. The molecule has 6 rings (SSSR count). The SMILES string of the molecule is FC(F)(F)Oc1ccc(Oc2ccc(-c3cnc4c(-c5nnn[nH]5)cnn4c3C3CCCCC3)cc2)cc1. The molecule has 0 bridgehead atoms. The molecule has 12 heteroatoms. The van der Waals surface area contributed by atoms with Crippen LogP contribution in [0.4, 0.5) is 13.2 Å². The van der Waals surface area contributed by atoms with Crippen LogP contribution in [-0.4, -0.2) is 41.6 Å². The molecular formula is C26H22F3N7O2. The highest BCUT2D eigenvalue weighted by atomic mass is 19.4. The number of rotatable bonds is 6. The van der Waals surface area contributed by atoms with Gasteiger partial charge in [0.25, 0.3) is 0 Å². The molecule has 1 fully saturated rings. The van der Waals surface area contributed by atoms with Crippen molar-refractivity contribution in [3.05, 3.63) is 66.6 Å². The van der Waals surface area contributed by atoms with Gasteiger partial charge < -0.3 is 9.47 Å². The van der Waals surface area contributed by atoms with E-state index in [1.807, 2.05) is 35.0 Å². The van der Waals surface area contributed by atoms with E-state index in [0.717, 1.165) is 48.1 Å². The summed E-state index contributed by atoms with van der Waals surface area (Å²) in [7, 11) is 0. The van der Waals surface area contributed by atoms with E-state index in [-0.39, 0.29) is 5.75 Å². The van der Waals surface area contributed by atoms with Crippen LogP contribution in [-0.2, 0) is 0 Å². The predicted octanol–water partition coefficient (Wildman–Crippen LogP) is 6.32. The molecule has 2 aromatic carbocycles. The molecule has 1 aliphatic rings. The molecule has 9 nitrogen and oxygen atoms in total. The van der Waals surface area contributed by atoms with Crippen molar-refractivity contribution in [2.24, 2.45) is 0 Å². The van der Waals surface area contributed by atoms with Gasteiger partial charge >= 0.3 is 6.36 Å². The van der Waals surface area contributed by atoms with Crippen LogP contribution >= 0.6 is 0 Å². The smallest absolute Gasteiger partial charge is 0.457 e. The average molecular weight is 522 g/mol. The zero-order valence-corrected chi connectivity index (χ0v) is 20.0. The Morgan fingerprint density at radius 1 is 0.842 bits per heavy atom. The van der Waals surface area contributed by atoms with Crippen molar-refractivity contribution in [2.45, 2.75) is 44.4 Å². The van der Waals surface area contributed by atoms with Crippen LogP contribution in [0.25, 0.3) is 28.2 Å². The minimum absolute atomic E-state index is 0.306. The topological polar surface area (TPSA) is 103 Å². The van der Waals surface area contributed by atoms with E-state index in [0.29, 0.717) is 28.9 Å². The Morgan fingerprint density at radius 2 is 1.53 bits per heavy atom. The number of tetrazole rings is 1. The van der Waals surface area contributed by atoms with Crippen LogP contribution < -0.4 is 9.47 Å². The molecule has 1 aliphatic carbocycles. The number of aromatic nitrogens is 7. The number of fused-ring (bicyclic) bond motifs is 1. The van der Waals surface area contributed by atoms with Crippen LogP contribution in [0.2, 0.25) is 0 Å². The molecule has 0 unspecified atom stereocenters. The number of alkyl halides is 3. The normalized spacial score (nSPS) is 14.6. The van der Waals surface area contributed by atoms with Crippen molar-refractivity contribution < 1.29 is 22.6 Å². The predicted molar refractivity (Wildman–Crippen MR) is 131 cm³/mol. The van der Waals surface area contributed by atoms with E-state index < -0.39 is 6.36 Å². The second-order valence-electron chi connectivity index (χ2n) is 9.08. The van der Waals surface area contributed by atoms with Gasteiger partial charge in [0.1, 0.15) is 17.2 Å². The Labute approximate surface area is 214 Å². The first-order chi connectivity index (χ1) is 18.4. The molecule has 0 atom stereocenters. The minimum Gasteiger partial charge on any atom is -0.457 e. The lowest BCUT2D eigenvalue weighted by Gasteiger charge is -2.25. The Morgan fingerprint density at radius 3 is 2.18 bits per heavy atom. The molecular weight excluding hydrogens is 499 g/mol. The van der Waals surface area contributed by atoms with Gasteiger partial charge in [-0.05, 0) is 65.2 Å². The van der Waals surface area contributed by atoms with E-state index in [1.165, 1.54) is 30.7 Å². The van der Waals surface area contributed by atoms with Gasteiger partial charge in [-0.25, -0.2) is 14.6 Å². The number of aromatic amines is 1. The zero-order chi connectivity index (χ0) is 26.1. The summed E-state index contributed by atoms with van der Waals surface area (Å²) >= 11 is 0. The zero-order valence-electron chi connectivity index (χ0n) is 20.0. The highest BCUT2D eigenvalue weighted by Gasteiger charge is 2.31. The van der Waals surface area contributed by atoms with Gasteiger partial charge in [0, 0.05) is 17.7 Å². The van der Waals surface area contributed by atoms with Gasteiger partial charge in [-0.3, -0.25) is 0 Å². The first-order valence-electron chi connectivity index (χ1n) is 12.2. The number of benzene rings is 2. The van der Waals surface area contributed by atoms with Crippen molar-refractivity contribution in [3.63, 3.8) is 0 Å². The fraction of sp³-hybridized carbons (Fsp3) is 0.269. The summed E-state index contributed by atoms with van der Waals surface area (Å²) in [6, 6.07) is 12.8. The first kappa shape index (κ1) is 23.9. The summed E-state index contributed by atoms with van der Waals surface area (Å²) in [4.78, 5) is 4.71. The number of nitrogens with zero attached hydrogens (tertiary/aromatic N) is 6. The molecule has 0 amide bonds. The largest absolute Gasteiger partial charge is 0.573 e. The average Bonchev–Trinajstić information content (AvgIpc) is 3.59. The summed E-state index contributed by atoms with van der Waals surface area (Å²) in [6.45, 7) is 0. The number of nitrogens with one attached hydrogen (secondary N) is 1. The van der Waals surface area contributed by atoms with Gasteiger partial charge in [0.15, 0.2) is 11.5 Å². The molecule has 3 heterocycles. The fourth-order valence-corrected chi connectivity index (χ4v) is 4.93. The standard InChI is InChI=1S/C26H22F3N7O2/c27-26(28,29)38-20-12-10-19(11-13-20)37-18-8-6-16(7-9-18)21-14-30-25-22(24-32-34-35-33-24)15-31-36(25)23(21)17-4-2-1-3-5-17/h6-15,17H,1-5H2,(H,32,33,34,35). The summed E-state index contributed by atoms with van der Waals surface area (Å²) < 4.78 is 48.8. The van der Waals surface area contributed by atoms with Gasteiger partial charge in [0.05, 0.1) is 17.5 Å². The van der Waals surface area contributed by atoms with Crippen LogP contribution in [0, 0.1) is 0 Å².